The number of hydrogen-bond acceptors (Lipinski definition) is 7. The maximum Gasteiger partial charge on any atom is 0.408 e. The molecule has 1 N–H and O–H groups in total. The topological polar surface area (TPSA) is 107 Å². The van der Waals surface area contributed by atoms with E-state index in [4.69, 9.17) is 9.47 Å². The molecule has 0 aliphatic rings. The molecule has 6 aromatic rings. The molecule has 0 aliphatic heterocycles. The van der Waals surface area contributed by atoms with Crippen molar-refractivity contribution < 1.29 is 32.6 Å². The van der Waals surface area contributed by atoms with E-state index in [1.54, 1.807) is 67.0 Å². The van der Waals surface area contributed by atoms with Gasteiger partial charge >= 0.3 is 18.0 Å². The highest BCUT2D eigenvalue weighted by atomic mass is 19.3. The number of carbonyl (C=O) groups is 3. The fourth-order valence-corrected chi connectivity index (χ4v) is 6.46. The lowest BCUT2D eigenvalue weighted by molar-refractivity contribution is -0.175. The number of esters is 1. The molecule has 8 nitrogen and oxygen atoms in total. The number of rotatable bonds is 16. The Morgan fingerprint density at radius 1 is 0.684 bits per heavy atom. The molecule has 1 heterocycles. The van der Waals surface area contributed by atoms with Crippen LogP contribution in [0.15, 0.2) is 146 Å². The number of ketones is 1. The summed E-state index contributed by atoms with van der Waals surface area (Å²) in [5, 5.41) is 2.48. The van der Waals surface area contributed by atoms with E-state index in [-0.39, 0.29) is 37.2 Å². The minimum atomic E-state index is -3.58. The number of hydrogen-bond donors (Lipinski definition) is 1. The van der Waals surface area contributed by atoms with Crippen LogP contribution in [0.5, 0.6) is 0 Å². The number of aryl methyl sites for hydroxylation is 1. The van der Waals surface area contributed by atoms with Crippen LogP contribution >= 0.6 is 0 Å². The Labute approximate surface area is 330 Å². The molecular weight excluding hydrogens is 725 g/mol. The Kier molecular flexibility index (Phi) is 13.3. The number of amides is 1. The van der Waals surface area contributed by atoms with Crippen molar-refractivity contribution >= 4 is 17.8 Å². The molecule has 1 aromatic heterocycles. The van der Waals surface area contributed by atoms with Crippen LogP contribution in [0.1, 0.15) is 47.2 Å². The van der Waals surface area contributed by atoms with Gasteiger partial charge in [0.05, 0.1) is 11.4 Å². The van der Waals surface area contributed by atoms with Gasteiger partial charge in [0.25, 0.3) is 0 Å². The smallest absolute Gasteiger partial charge is 0.408 e. The number of alkyl carbamates (subject to hydrolysis) is 1. The maximum absolute atomic E-state index is 15.7. The Balaban J connectivity index is 1.05. The molecule has 0 unspecified atom stereocenters. The van der Waals surface area contributed by atoms with Crippen molar-refractivity contribution in [3.05, 3.63) is 179 Å². The van der Waals surface area contributed by atoms with E-state index in [1.807, 2.05) is 48.5 Å². The molecule has 0 radical (unpaired) electrons. The standard InChI is InChI=1S/C47H43F2N3O5/c1-3-37-16-10-11-17-41(37)44-43(50-26-27-51-44)38-22-18-34(19-23-38)28-40(53)29-35-20-24-39(25-21-35)47(48,49)32(2)57-45(54)42(30-33-12-6-4-7-13-33)52-46(55)56-31-36-14-8-5-9-15-36/h4-27,32,42H,3,28-31H2,1-2H3,(H,52,55)/t32-,42+/m1/s1. The quantitative estimate of drug-likeness (QED) is 0.0979. The van der Waals surface area contributed by atoms with Crippen molar-refractivity contribution in [2.24, 2.45) is 0 Å². The minimum Gasteiger partial charge on any atom is -0.454 e. The third kappa shape index (κ3) is 10.6. The molecule has 57 heavy (non-hydrogen) atoms. The molecular formula is C47H43F2N3O5. The van der Waals surface area contributed by atoms with Gasteiger partial charge in [-0.3, -0.25) is 14.8 Å². The average Bonchev–Trinajstić information content (AvgIpc) is 3.24. The predicted molar refractivity (Wildman–Crippen MR) is 214 cm³/mol. The van der Waals surface area contributed by atoms with Crippen molar-refractivity contribution in [3.63, 3.8) is 0 Å². The molecule has 2 atom stereocenters. The number of Topliss-reactive ketones (excluding diaryl/α,β-unsaturated/α-hetero) is 1. The first-order valence-electron chi connectivity index (χ1n) is 18.8. The summed E-state index contributed by atoms with van der Waals surface area (Å²) >= 11 is 0. The number of halogens is 2. The molecule has 5 aromatic carbocycles. The molecule has 0 saturated carbocycles. The van der Waals surface area contributed by atoms with Crippen molar-refractivity contribution in [1.82, 2.24) is 15.3 Å². The number of ether oxygens (including phenoxy) is 2. The molecule has 0 fully saturated rings. The largest absolute Gasteiger partial charge is 0.454 e. The van der Waals surface area contributed by atoms with Gasteiger partial charge in [0.1, 0.15) is 18.4 Å². The second-order valence-electron chi connectivity index (χ2n) is 13.7. The molecule has 1 amide bonds. The van der Waals surface area contributed by atoms with E-state index in [9.17, 15) is 14.4 Å². The molecule has 10 heteroatoms. The lowest BCUT2D eigenvalue weighted by Gasteiger charge is -2.26. The fraction of sp³-hybridized carbons (Fsp3) is 0.213. The van der Waals surface area contributed by atoms with Gasteiger partial charge in [0, 0.05) is 48.3 Å². The van der Waals surface area contributed by atoms with Gasteiger partial charge in [-0.25, -0.2) is 9.59 Å². The lowest BCUT2D eigenvalue weighted by atomic mass is 9.96. The highest BCUT2D eigenvalue weighted by Gasteiger charge is 2.42. The molecule has 290 valence electrons. The van der Waals surface area contributed by atoms with E-state index in [1.165, 1.54) is 29.8 Å². The lowest BCUT2D eigenvalue weighted by Crippen LogP contribution is -2.46. The first kappa shape index (κ1) is 40.1. The van der Waals surface area contributed by atoms with Crippen LogP contribution in [0.4, 0.5) is 13.6 Å². The maximum atomic E-state index is 15.7. The van der Waals surface area contributed by atoms with Gasteiger partial charge in [0.2, 0.25) is 0 Å². The number of nitrogens with zero attached hydrogens (tertiary/aromatic N) is 2. The summed E-state index contributed by atoms with van der Waals surface area (Å²) in [4.78, 5) is 48.3. The van der Waals surface area contributed by atoms with Crippen LogP contribution in [-0.2, 0) is 57.3 Å². The zero-order valence-electron chi connectivity index (χ0n) is 31.7. The summed E-state index contributed by atoms with van der Waals surface area (Å²) in [5.74, 6) is -4.69. The Hall–Kier alpha value is -6.55. The number of nitrogens with one attached hydrogen (secondary N) is 1. The molecule has 0 saturated heterocycles. The summed E-state index contributed by atoms with van der Waals surface area (Å²) in [6, 6.07) is 37.7. The number of benzene rings is 5. The molecule has 0 spiro atoms. The monoisotopic (exact) mass is 767 g/mol. The second-order valence-corrected chi connectivity index (χ2v) is 13.7. The van der Waals surface area contributed by atoms with Gasteiger partial charge in [-0.05, 0) is 41.2 Å². The minimum absolute atomic E-state index is 0.00197. The van der Waals surface area contributed by atoms with Gasteiger partial charge in [-0.1, -0.05) is 140 Å². The van der Waals surface area contributed by atoms with Crippen molar-refractivity contribution in [2.45, 2.75) is 64.2 Å². The zero-order valence-corrected chi connectivity index (χ0v) is 31.7. The average molecular weight is 768 g/mol. The summed E-state index contributed by atoms with van der Waals surface area (Å²) in [7, 11) is 0. The van der Waals surface area contributed by atoms with Gasteiger partial charge in [-0.2, -0.15) is 8.78 Å². The van der Waals surface area contributed by atoms with Crippen LogP contribution in [0.2, 0.25) is 0 Å². The van der Waals surface area contributed by atoms with E-state index in [0.717, 1.165) is 47.0 Å². The highest BCUT2D eigenvalue weighted by Crippen LogP contribution is 2.34. The zero-order chi connectivity index (χ0) is 40.2. The SMILES string of the molecule is CCc1ccccc1-c1nccnc1-c1ccc(CC(=O)Cc2ccc(C(F)(F)[C@@H](C)OC(=O)[C@H](Cc3ccccc3)NC(=O)OCc3ccccc3)cc2)cc1. The Morgan fingerprint density at radius 2 is 1.25 bits per heavy atom. The first-order valence-corrected chi connectivity index (χ1v) is 18.8. The second kappa shape index (κ2) is 18.9. The van der Waals surface area contributed by atoms with Gasteiger partial charge in [-0.15, -0.1) is 0 Å². The molecule has 0 bridgehead atoms. The van der Waals surface area contributed by atoms with Crippen LogP contribution in [0.3, 0.4) is 0 Å². The predicted octanol–water partition coefficient (Wildman–Crippen LogP) is 9.29. The van der Waals surface area contributed by atoms with Gasteiger partial charge in [0.15, 0.2) is 6.10 Å². The van der Waals surface area contributed by atoms with Crippen LogP contribution in [0, 0.1) is 0 Å². The van der Waals surface area contributed by atoms with E-state index >= 15 is 8.78 Å². The van der Waals surface area contributed by atoms with E-state index in [0.29, 0.717) is 11.1 Å². The summed E-state index contributed by atoms with van der Waals surface area (Å²) in [6.45, 7) is 3.16. The number of carbonyl (C=O) groups excluding carboxylic acids is 3. The fourth-order valence-electron chi connectivity index (χ4n) is 6.46. The van der Waals surface area contributed by atoms with Crippen molar-refractivity contribution in [3.8, 4) is 22.5 Å². The summed E-state index contributed by atoms with van der Waals surface area (Å²) in [5.41, 5.74) is 7.05. The third-order valence-corrected chi connectivity index (χ3v) is 9.60. The van der Waals surface area contributed by atoms with E-state index < -0.39 is 30.1 Å². The van der Waals surface area contributed by atoms with Gasteiger partial charge < -0.3 is 14.8 Å². The first-order chi connectivity index (χ1) is 27.6. The third-order valence-electron chi connectivity index (χ3n) is 9.60. The summed E-state index contributed by atoms with van der Waals surface area (Å²) < 4.78 is 42.0. The van der Waals surface area contributed by atoms with Crippen LogP contribution in [0.25, 0.3) is 22.5 Å². The van der Waals surface area contributed by atoms with Crippen LogP contribution < -0.4 is 5.32 Å². The van der Waals surface area contributed by atoms with Crippen LogP contribution in [-0.4, -0.2) is 40.0 Å². The molecule has 0 aliphatic carbocycles. The summed E-state index contributed by atoms with van der Waals surface area (Å²) in [6.07, 6.45) is 1.65. The van der Waals surface area contributed by atoms with Crippen molar-refractivity contribution in [2.75, 3.05) is 0 Å². The highest BCUT2D eigenvalue weighted by molar-refractivity contribution is 5.84. The normalized spacial score (nSPS) is 12.3. The Morgan fingerprint density at radius 3 is 1.88 bits per heavy atom. The Bertz CT molecular complexity index is 2270. The number of aromatic nitrogens is 2. The number of alkyl halides is 2. The van der Waals surface area contributed by atoms with Crippen molar-refractivity contribution in [1.29, 1.82) is 0 Å². The molecule has 6 rings (SSSR count). The van der Waals surface area contributed by atoms with E-state index in [2.05, 4.69) is 28.3 Å².